The second-order valence-corrected chi connectivity index (χ2v) is 7.58. The molecular formula is C14H16ClN3O3S. The molecule has 1 aromatic carbocycles. The fraction of sp³-hybridized carbons (Fsp3) is 0.286. The molecule has 0 saturated heterocycles. The number of aromatic nitrogens is 2. The number of anilines is 1. The maximum atomic E-state index is 11.9. The number of hydrogen-bond acceptors (Lipinski definition) is 4. The number of aryl methyl sites for hydroxylation is 1. The van der Waals surface area contributed by atoms with Crippen molar-refractivity contribution in [1.29, 1.82) is 0 Å². The van der Waals surface area contributed by atoms with Crippen LogP contribution in [0.2, 0.25) is 5.02 Å². The molecule has 0 fully saturated rings. The lowest BCUT2D eigenvalue weighted by Gasteiger charge is -2.09. The number of sulfone groups is 1. The maximum absolute atomic E-state index is 11.9. The minimum absolute atomic E-state index is 0.0764. The number of hydrogen-bond donors (Lipinski definition) is 1. The van der Waals surface area contributed by atoms with E-state index in [1.165, 1.54) is 11.6 Å². The largest absolute Gasteiger partial charge is 0.310 e. The van der Waals surface area contributed by atoms with Crippen molar-refractivity contribution in [2.75, 3.05) is 16.8 Å². The van der Waals surface area contributed by atoms with Crippen LogP contribution < -0.4 is 5.32 Å². The number of nitrogens with zero attached hydrogens (tertiary/aromatic N) is 2. The summed E-state index contributed by atoms with van der Waals surface area (Å²) in [5.74, 6) is -0.822. The average molecular weight is 342 g/mol. The van der Waals surface area contributed by atoms with Crippen molar-refractivity contribution in [3.05, 3.63) is 41.0 Å². The lowest BCUT2D eigenvalue weighted by Crippen LogP contribution is -2.25. The van der Waals surface area contributed by atoms with Gasteiger partial charge in [0.05, 0.1) is 11.4 Å². The van der Waals surface area contributed by atoms with Crippen molar-refractivity contribution < 1.29 is 13.2 Å². The van der Waals surface area contributed by atoms with E-state index in [1.54, 1.807) is 37.3 Å². The molecule has 0 bridgehead atoms. The van der Waals surface area contributed by atoms with Gasteiger partial charge in [-0.05, 0) is 25.1 Å². The highest BCUT2D eigenvalue weighted by molar-refractivity contribution is 7.92. The summed E-state index contributed by atoms with van der Waals surface area (Å²) in [5, 5.41) is 7.40. The lowest BCUT2D eigenvalue weighted by molar-refractivity contribution is -0.113. The van der Waals surface area contributed by atoms with E-state index < -0.39 is 21.5 Å². The monoisotopic (exact) mass is 341 g/mol. The van der Waals surface area contributed by atoms with Gasteiger partial charge in [-0.2, -0.15) is 5.10 Å². The third kappa shape index (κ3) is 4.08. The predicted octanol–water partition coefficient (Wildman–Crippen LogP) is 2.21. The van der Waals surface area contributed by atoms with E-state index >= 15 is 0 Å². The van der Waals surface area contributed by atoms with Crippen molar-refractivity contribution >= 4 is 33.2 Å². The Bertz CT molecular complexity index is 799. The van der Waals surface area contributed by atoms with Crippen LogP contribution in [0.25, 0.3) is 5.69 Å². The van der Waals surface area contributed by atoms with Gasteiger partial charge in [0.15, 0.2) is 9.84 Å². The molecule has 1 aromatic heterocycles. The second kappa shape index (κ2) is 6.50. The molecule has 118 valence electrons. The number of benzene rings is 1. The minimum atomic E-state index is -3.38. The highest BCUT2D eigenvalue weighted by Crippen LogP contribution is 2.20. The van der Waals surface area contributed by atoms with Crippen molar-refractivity contribution in [3.8, 4) is 5.69 Å². The molecule has 0 saturated carbocycles. The van der Waals surface area contributed by atoms with Crippen molar-refractivity contribution in [2.24, 2.45) is 0 Å². The number of carbonyl (C=O) groups excluding carboxylic acids is 1. The van der Waals surface area contributed by atoms with Crippen LogP contribution in [0, 0.1) is 6.92 Å². The highest BCUT2D eigenvalue weighted by atomic mass is 35.5. The van der Waals surface area contributed by atoms with Crippen LogP contribution in [0.1, 0.15) is 12.6 Å². The van der Waals surface area contributed by atoms with Crippen LogP contribution in [-0.4, -0.2) is 35.6 Å². The van der Waals surface area contributed by atoms with Gasteiger partial charge in [0.1, 0.15) is 11.6 Å². The van der Waals surface area contributed by atoms with Gasteiger partial charge in [-0.15, -0.1) is 0 Å². The number of nitrogens with one attached hydrogen (secondary N) is 1. The van der Waals surface area contributed by atoms with Crippen molar-refractivity contribution in [3.63, 3.8) is 0 Å². The molecule has 2 rings (SSSR count). The first-order chi connectivity index (χ1) is 10.3. The van der Waals surface area contributed by atoms with Crippen LogP contribution in [0.5, 0.6) is 0 Å². The molecule has 2 aromatic rings. The molecule has 0 spiro atoms. The summed E-state index contributed by atoms with van der Waals surface area (Å²) in [5.41, 5.74) is 1.36. The first-order valence-electron chi connectivity index (χ1n) is 6.63. The molecule has 0 aliphatic heterocycles. The molecule has 6 nitrogen and oxygen atoms in total. The molecule has 1 N–H and O–H groups in total. The Kier molecular flexibility index (Phi) is 4.87. The van der Waals surface area contributed by atoms with Crippen molar-refractivity contribution in [1.82, 2.24) is 9.78 Å². The van der Waals surface area contributed by atoms with Gasteiger partial charge in [-0.3, -0.25) is 4.79 Å². The fourth-order valence-corrected chi connectivity index (χ4v) is 2.73. The number of amides is 1. The SMILES string of the molecule is CCS(=O)(=O)CC(=O)Nc1cc(C)nn1-c1cccc(Cl)c1. The van der Waals surface area contributed by atoms with Gasteiger partial charge >= 0.3 is 0 Å². The summed E-state index contributed by atoms with van der Waals surface area (Å²) in [4.78, 5) is 11.9. The minimum Gasteiger partial charge on any atom is -0.310 e. The predicted molar refractivity (Wildman–Crippen MR) is 86.3 cm³/mol. The third-order valence-electron chi connectivity index (χ3n) is 2.94. The lowest BCUT2D eigenvalue weighted by atomic mass is 10.3. The molecule has 1 amide bonds. The molecule has 0 aliphatic rings. The second-order valence-electron chi connectivity index (χ2n) is 4.79. The van der Waals surface area contributed by atoms with Gasteiger partial charge < -0.3 is 5.32 Å². The van der Waals surface area contributed by atoms with E-state index in [0.717, 1.165) is 0 Å². The van der Waals surface area contributed by atoms with Gasteiger partial charge in [0.2, 0.25) is 5.91 Å². The molecular weight excluding hydrogens is 326 g/mol. The highest BCUT2D eigenvalue weighted by Gasteiger charge is 2.17. The summed E-state index contributed by atoms with van der Waals surface area (Å²) < 4.78 is 24.5. The first-order valence-corrected chi connectivity index (χ1v) is 8.83. The molecule has 0 atom stereocenters. The van der Waals surface area contributed by atoms with Crippen LogP contribution in [0.15, 0.2) is 30.3 Å². The Morgan fingerprint density at radius 2 is 2.09 bits per heavy atom. The van der Waals surface area contributed by atoms with E-state index in [9.17, 15) is 13.2 Å². The zero-order chi connectivity index (χ0) is 16.3. The van der Waals surface area contributed by atoms with Crippen LogP contribution >= 0.6 is 11.6 Å². The standard InChI is InChI=1S/C14H16ClN3O3S/c1-3-22(20,21)9-14(19)16-13-7-10(2)17-18(13)12-6-4-5-11(15)8-12/h4-8H,3,9H2,1-2H3,(H,16,19). The Labute approximate surface area is 134 Å². The molecule has 22 heavy (non-hydrogen) atoms. The number of carbonyl (C=O) groups is 1. The Hall–Kier alpha value is -1.86. The maximum Gasteiger partial charge on any atom is 0.240 e. The van der Waals surface area contributed by atoms with E-state index in [0.29, 0.717) is 22.2 Å². The normalized spacial score (nSPS) is 11.4. The fourth-order valence-electron chi connectivity index (χ4n) is 1.87. The van der Waals surface area contributed by atoms with E-state index in [2.05, 4.69) is 10.4 Å². The summed E-state index contributed by atoms with van der Waals surface area (Å²) in [6.45, 7) is 3.28. The Balaban J connectivity index is 2.28. The van der Waals surface area contributed by atoms with Crippen LogP contribution in [0.4, 0.5) is 5.82 Å². The molecule has 1 heterocycles. The Morgan fingerprint density at radius 1 is 1.36 bits per heavy atom. The summed E-state index contributed by atoms with van der Waals surface area (Å²) in [6.07, 6.45) is 0. The van der Waals surface area contributed by atoms with E-state index in [4.69, 9.17) is 11.6 Å². The summed E-state index contributed by atoms with van der Waals surface area (Å²) in [6, 6.07) is 8.65. The average Bonchev–Trinajstić information content (AvgIpc) is 2.78. The zero-order valence-corrected chi connectivity index (χ0v) is 13.8. The summed E-state index contributed by atoms with van der Waals surface area (Å²) >= 11 is 5.96. The van der Waals surface area contributed by atoms with Gasteiger partial charge in [-0.25, -0.2) is 13.1 Å². The zero-order valence-electron chi connectivity index (χ0n) is 12.2. The molecule has 0 unspecified atom stereocenters. The van der Waals surface area contributed by atoms with Gasteiger partial charge in [0, 0.05) is 16.8 Å². The number of halogens is 1. The molecule has 8 heteroatoms. The molecule has 0 radical (unpaired) electrons. The van der Waals surface area contributed by atoms with Crippen LogP contribution in [-0.2, 0) is 14.6 Å². The quantitative estimate of drug-likeness (QED) is 0.904. The van der Waals surface area contributed by atoms with Crippen LogP contribution in [0.3, 0.4) is 0 Å². The number of rotatable bonds is 5. The van der Waals surface area contributed by atoms with Gasteiger partial charge in [0.25, 0.3) is 0 Å². The smallest absolute Gasteiger partial charge is 0.240 e. The van der Waals surface area contributed by atoms with Crippen molar-refractivity contribution in [2.45, 2.75) is 13.8 Å². The molecule has 0 aliphatic carbocycles. The topological polar surface area (TPSA) is 81.1 Å². The van der Waals surface area contributed by atoms with E-state index in [1.807, 2.05) is 0 Å². The first kappa shape index (κ1) is 16.5. The van der Waals surface area contributed by atoms with Gasteiger partial charge in [-0.1, -0.05) is 24.6 Å². The summed E-state index contributed by atoms with van der Waals surface area (Å²) in [7, 11) is -3.38. The van der Waals surface area contributed by atoms with E-state index in [-0.39, 0.29) is 5.75 Å². The Morgan fingerprint density at radius 3 is 2.73 bits per heavy atom. The third-order valence-corrected chi connectivity index (χ3v) is 4.76.